The Kier molecular flexibility index (Phi) is 4.91. The van der Waals surface area contributed by atoms with Gasteiger partial charge in [-0.3, -0.25) is 18.7 Å². The lowest BCUT2D eigenvalue weighted by molar-refractivity contribution is 0.0971. The highest BCUT2D eigenvalue weighted by Gasteiger charge is 2.16. The Morgan fingerprint density at radius 3 is 2.17 bits per heavy atom. The molecule has 0 atom stereocenters. The Morgan fingerprint density at radius 1 is 0.793 bits per heavy atom. The molecule has 0 amide bonds. The molecule has 0 saturated carbocycles. The number of rotatable bonds is 5. The second-order valence-electron chi connectivity index (χ2n) is 6.69. The number of Topliss-reactive ketones (excluding diaryl/α,β-unsaturated/α-hetero) is 1. The molecule has 0 unspecified atom stereocenters. The van der Waals surface area contributed by atoms with Gasteiger partial charge in [-0.2, -0.15) is 0 Å². The predicted molar refractivity (Wildman–Crippen MR) is 109 cm³/mol. The second kappa shape index (κ2) is 7.67. The summed E-state index contributed by atoms with van der Waals surface area (Å²) in [6.07, 6.45) is 0. The third-order valence-corrected chi connectivity index (χ3v) is 4.78. The molecule has 0 aliphatic rings. The van der Waals surface area contributed by atoms with Crippen LogP contribution in [0.25, 0.3) is 10.9 Å². The van der Waals surface area contributed by atoms with Crippen LogP contribution in [0, 0.1) is 5.82 Å². The number of hydrogen-bond acceptors (Lipinski definition) is 3. The SMILES string of the molecule is O=C(Cn1c(=O)n(Cc2ccccc2)c(=O)c2ccccc21)c1ccc(F)cc1. The van der Waals surface area contributed by atoms with E-state index in [9.17, 15) is 18.8 Å². The Balaban J connectivity index is 1.84. The highest BCUT2D eigenvalue weighted by atomic mass is 19.1. The number of nitrogens with zero attached hydrogens (tertiary/aromatic N) is 2. The first kappa shape index (κ1) is 18.6. The minimum atomic E-state index is -0.562. The average Bonchev–Trinajstić information content (AvgIpc) is 2.75. The molecule has 0 spiro atoms. The van der Waals surface area contributed by atoms with Crippen molar-refractivity contribution in [3.63, 3.8) is 0 Å². The van der Waals surface area contributed by atoms with E-state index in [1.807, 2.05) is 30.3 Å². The fraction of sp³-hybridized carbons (Fsp3) is 0.0870. The van der Waals surface area contributed by atoms with Crippen molar-refractivity contribution in [3.05, 3.63) is 117 Å². The zero-order chi connectivity index (χ0) is 20.4. The van der Waals surface area contributed by atoms with Gasteiger partial charge in [-0.15, -0.1) is 0 Å². The fourth-order valence-electron chi connectivity index (χ4n) is 3.30. The first-order valence-electron chi connectivity index (χ1n) is 9.09. The van der Waals surface area contributed by atoms with Crippen LogP contribution >= 0.6 is 0 Å². The topological polar surface area (TPSA) is 61.1 Å². The van der Waals surface area contributed by atoms with Crippen LogP contribution in [0.1, 0.15) is 15.9 Å². The van der Waals surface area contributed by atoms with Crippen molar-refractivity contribution in [1.29, 1.82) is 0 Å². The maximum atomic E-state index is 13.1. The van der Waals surface area contributed by atoms with Crippen LogP contribution in [-0.2, 0) is 13.1 Å². The molecule has 4 aromatic rings. The monoisotopic (exact) mass is 388 g/mol. The molecule has 0 fully saturated rings. The molecule has 0 aliphatic carbocycles. The summed E-state index contributed by atoms with van der Waals surface area (Å²) in [5.41, 5.74) is 0.525. The Hall–Kier alpha value is -3.80. The smallest absolute Gasteiger partial charge is 0.292 e. The number of para-hydroxylation sites is 1. The van der Waals surface area contributed by atoms with Gasteiger partial charge in [-0.25, -0.2) is 9.18 Å². The summed E-state index contributed by atoms with van der Waals surface area (Å²) >= 11 is 0. The highest BCUT2D eigenvalue weighted by molar-refractivity contribution is 5.96. The number of ketones is 1. The summed E-state index contributed by atoms with van der Waals surface area (Å²) in [5, 5.41) is 0.356. The summed E-state index contributed by atoms with van der Waals surface area (Å²) in [5.74, 6) is -0.789. The van der Waals surface area contributed by atoms with Gasteiger partial charge in [0.1, 0.15) is 5.82 Å². The Bertz CT molecular complexity index is 1310. The molecule has 0 N–H and O–H groups in total. The van der Waals surface area contributed by atoms with E-state index in [2.05, 4.69) is 0 Å². The van der Waals surface area contributed by atoms with Crippen LogP contribution in [0.15, 0.2) is 88.5 Å². The van der Waals surface area contributed by atoms with Crippen LogP contribution in [-0.4, -0.2) is 14.9 Å². The molecule has 4 rings (SSSR count). The molecular formula is C23H17FN2O3. The zero-order valence-electron chi connectivity index (χ0n) is 15.4. The molecule has 1 heterocycles. The summed E-state index contributed by atoms with van der Waals surface area (Å²) in [6, 6.07) is 21.0. The quantitative estimate of drug-likeness (QED) is 0.493. The lowest BCUT2D eigenvalue weighted by Gasteiger charge is -2.14. The normalized spacial score (nSPS) is 10.9. The van der Waals surface area contributed by atoms with Gasteiger partial charge in [0, 0.05) is 5.56 Å². The average molecular weight is 388 g/mol. The van der Waals surface area contributed by atoms with Gasteiger partial charge in [0.05, 0.1) is 24.0 Å². The molecular weight excluding hydrogens is 371 g/mol. The third-order valence-electron chi connectivity index (χ3n) is 4.78. The summed E-state index contributed by atoms with van der Waals surface area (Å²) in [7, 11) is 0. The van der Waals surface area contributed by atoms with Crippen molar-refractivity contribution in [1.82, 2.24) is 9.13 Å². The number of aromatic nitrogens is 2. The van der Waals surface area contributed by atoms with Gasteiger partial charge >= 0.3 is 5.69 Å². The predicted octanol–water partition coefficient (Wildman–Crippen LogP) is 3.23. The van der Waals surface area contributed by atoms with Gasteiger partial charge in [0.15, 0.2) is 5.78 Å². The van der Waals surface area contributed by atoms with Crippen LogP contribution in [0.2, 0.25) is 0 Å². The van der Waals surface area contributed by atoms with Crippen molar-refractivity contribution in [3.8, 4) is 0 Å². The van der Waals surface area contributed by atoms with E-state index in [0.29, 0.717) is 16.5 Å². The lowest BCUT2D eigenvalue weighted by Crippen LogP contribution is -2.41. The van der Waals surface area contributed by atoms with Crippen molar-refractivity contribution in [2.75, 3.05) is 0 Å². The van der Waals surface area contributed by atoms with E-state index in [0.717, 1.165) is 10.1 Å². The lowest BCUT2D eigenvalue weighted by atomic mass is 10.1. The first-order chi connectivity index (χ1) is 14.0. The zero-order valence-corrected chi connectivity index (χ0v) is 15.4. The van der Waals surface area contributed by atoms with Crippen LogP contribution in [0.4, 0.5) is 4.39 Å². The summed E-state index contributed by atoms with van der Waals surface area (Å²) < 4.78 is 15.6. The maximum Gasteiger partial charge on any atom is 0.332 e. The molecule has 0 bridgehead atoms. The molecule has 1 aromatic heterocycles. The van der Waals surface area contributed by atoms with Crippen molar-refractivity contribution < 1.29 is 9.18 Å². The maximum absolute atomic E-state index is 13.1. The van der Waals surface area contributed by atoms with E-state index in [4.69, 9.17) is 0 Å². The molecule has 6 heteroatoms. The second-order valence-corrected chi connectivity index (χ2v) is 6.69. The van der Waals surface area contributed by atoms with Crippen molar-refractivity contribution >= 4 is 16.7 Å². The van der Waals surface area contributed by atoms with Gasteiger partial charge in [0.2, 0.25) is 0 Å². The third kappa shape index (κ3) is 3.65. The summed E-state index contributed by atoms with van der Waals surface area (Å²) in [4.78, 5) is 38.8. The molecule has 144 valence electrons. The van der Waals surface area contributed by atoms with Crippen molar-refractivity contribution in [2.45, 2.75) is 13.1 Å². The first-order valence-corrected chi connectivity index (χ1v) is 9.09. The minimum Gasteiger partial charge on any atom is -0.292 e. The van der Waals surface area contributed by atoms with Gasteiger partial charge in [-0.1, -0.05) is 42.5 Å². The van der Waals surface area contributed by atoms with Gasteiger partial charge in [-0.05, 0) is 42.0 Å². The van der Waals surface area contributed by atoms with Crippen LogP contribution < -0.4 is 11.2 Å². The highest BCUT2D eigenvalue weighted by Crippen LogP contribution is 2.11. The fourth-order valence-corrected chi connectivity index (χ4v) is 3.30. The Morgan fingerprint density at radius 2 is 1.45 bits per heavy atom. The van der Waals surface area contributed by atoms with E-state index in [-0.39, 0.29) is 18.9 Å². The number of hydrogen-bond donors (Lipinski definition) is 0. The standard InChI is InChI=1S/C23H17FN2O3/c24-18-12-10-17(11-13-18)21(27)15-25-20-9-5-4-8-19(20)22(28)26(23(25)29)14-16-6-2-1-3-7-16/h1-13H,14-15H2. The van der Waals surface area contributed by atoms with E-state index in [1.165, 1.54) is 28.8 Å². The number of carbonyl (C=O) groups excluding carboxylic acids is 1. The molecule has 29 heavy (non-hydrogen) atoms. The van der Waals surface area contributed by atoms with Crippen molar-refractivity contribution in [2.24, 2.45) is 0 Å². The molecule has 0 aliphatic heterocycles. The number of carbonyl (C=O) groups is 1. The molecule has 5 nitrogen and oxygen atoms in total. The van der Waals surface area contributed by atoms with Crippen LogP contribution in [0.3, 0.4) is 0 Å². The van der Waals surface area contributed by atoms with Crippen LogP contribution in [0.5, 0.6) is 0 Å². The van der Waals surface area contributed by atoms with E-state index in [1.54, 1.807) is 24.3 Å². The molecule has 0 saturated heterocycles. The number of fused-ring (bicyclic) bond motifs is 1. The Labute approximate surface area is 165 Å². The van der Waals surface area contributed by atoms with E-state index >= 15 is 0 Å². The minimum absolute atomic E-state index is 0.105. The van der Waals surface area contributed by atoms with E-state index < -0.39 is 17.1 Å². The van der Waals surface area contributed by atoms with Gasteiger partial charge < -0.3 is 0 Å². The summed E-state index contributed by atoms with van der Waals surface area (Å²) in [6.45, 7) is -0.145. The molecule has 3 aromatic carbocycles. The number of benzene rings is 3. The number of halogens is 1. The van der Waals surface area contributed by atoms with Gasteiger partial charge in [0.25, 0.3) is 5.56 Å². The largest absolute Gasteiger partial charge is 0.332 e. The molecule has 0 radical (unpaired) electrons.